The van der Waals surface area contributed by atoms with Gasteiger partial charge in [-0.1, -0.05) is 12.5 Å². The van der Waals surface area contributed by atoms with Crippen LogP contribution in [0.1, 0.15) is 36.2 Å². The Morgan fingerprint density at radius 1 is 1.41 bits per heavy atom. The Morgan fingerprint density at radius 3 is 2.76 bits per heavy atom. The van der Waals surface area contributed by atoms with Gasteiger partial charge in [0.2, 0.25) is 0 Å². The summed E-state index contributed by atoms with van der Waals surface area (Å²) in [6, 6.07) is 6.03. The number of aryl methyl sites for hydroxylation is 1. The van der Waals surface area contributed by atoms with Gasteiger partial charge >= 0.3 is 0 Å². The number of H-pyrrole nitrogens is 1. The molecule has 0 spiro atoms. The van der Waals surface area contributed by atoms with Crippen LogP contribution in [0.3, 0.4) is 0 Å². The summed E-state index contributed by atoms with van der Waals surface area (Å²) in [4.78, 5) is 4.57. The second-order valence-electron chi connectivity index (χ2n) is 4.81. The van der Waals surface area contributed by atoms with Crippen LogP contribution in [0.15, 0.2) is 24.4 Å². The zero-order valence-corrected chi connectivity index (χ0v) is 9.90. The van der Waals surface area contributed by atoms with Crippen LogP contribution in [0.25, 0.3) is 0 Å². The highest BCUT2D eigenvalue weighted by molar-refractivity contribution is 5.42. The highest BCUT2D eigenvalue weighted by Crippen LogP contribution is 2.48. The van der Waals surface area contributed by atoms with Crippen molar-refractivity contribution in [1.29, 1.82) is 0 Å². The monoisotopic (exact) mass is 228 g/mol. The summed E-state index contributed by atoms with van der Waals surface area (Å²) in [6.07, 6.45) is 5.33. The lowest BCUT2D eigenvalue weighted by Crippen LogP contribution is -2.37. The molecule has 3 rings (SSSR count). The van der Waals surface area contributed by atoms with Crippen molar-refractivity contribution in [2.24, 2.45) is 0 Å². The fraction of sp³-hybridized carbons (Fsp3) is 0.385. The summed E-state index contributed by atoms with van der Waals surface area (Å²) in [5, 5.41) is 7.10. The van der Waals surface area contributed by atoms with Crippen molar-refractivity contribution in [3.8, 4) is 0 Å². The molecule has 3 N–H and O–H groups in total. The van der Waals surface area contributed by atoms with Crippen LogP contribution in [0, 0.1) is 6.92 Å². The minimum absolute atomic E-state index is 0.00988. The summed E-state index contributed by atoms with van der Waals surface area (Å²) >= 11 is 0. The molecule has 1 aliphatic carbocycles. The zero-order valence-electron chi connectivity index (χ0n) is 9.90. The maximum absolute atomic E-state index is 5.71. The first-order valence-electron chi connectivity index (χ1n) is 5.96. The van der Waals surface area contributed by atoms with E-state index in [1.165, 1.54) is 12.0 Å². The maximum Gasteiger partial charge on any atom is 0.145 e. The van der Waals surface area contributed by atoms with E-state index in [-0.39, 0.29) is 5.41 Å². The molecule has 0 bridgehead atoms. The number of rotatable bonds is 2. The molecule has 4 heteroatoms. The molecule has 0 saturated heterocycles. The average Bonchev–Trinajstić information content (AvgIpc) is 2.67. The van der Waals surface area contributed by atoms with Crippen molar-refractivity contribution >= 4 is 5.82 Å². The Balaban J connectivity index is 2.12. The third-order valence-electron chi connectivity index (χ3n) is 3.78. The van der Waals surface area contributed by atoms with E-state index in [1.807, 2.05) is 18.3 Å². The van der Waals surface area contributed by atoms with Gasteiger partial charge < -0.3 is 5.73 Å². The summed E-state index contributed by atoms with van der Waals surface area (Å²) in [7, 11) is 0. The Labute approximate surface area is 100 Å². The van der Waals surface area contributed by atoms with E-state index in [2.05, 4.69) is 28.2 Å². The van der Waals surface area contributed by atoms with Gasteiger partial charge in [-0.3, -0.25) is 10.1 Å². The van der Waals surface area contributed by atoms with Gasteiger partial charge in [0.15, 0.2) is 0 Å². The van der Waals surface area contributed by atoms with Gasteiger partial charge in [0.05, 0.1) is 11.1 Å². The predicted octanol–water partition coefficient (Wildman–Crippen LogP) is 2.17. The molecule has 2 aromatic rings. The highest BCUT2D eigenvalue weighted by Gasteiger charge is 2.43. The van der Waals surface area contributed by atoms with Crippen molar-refractivity contribution in [2.75, 3.05) is 5.73 Å². The van der Waals surface area contributed by atoms with Gasteiger partial charge in [-0.25, -0.2) is 0 Å². The lowest BCUT2D eigenvalue weighted by molar-refractivity contribution is 0.284. The molecule has 88 valence electrons. The second-order valence-corrected chi connectivity index (χ2v) is 4.81. The van der Waals surface area contributed by atoms with Crippen LogP contribution in [0.2, 0.25) is 0 Å². The third-order valence-corrected chi connectivity index (χ3v) is 3.78. The normalized spacial score (nSPS) is 17.7. The first-order valence-corrected chi connectivity index (χ1v) is 5.96. The lowest BCUT2D eigenvalue weighted by Gasteiger charge is -2.41. The summed E-state index contributed by atoms with van der Waals surface area (Å²) < 4.78 is 0. The molecular formula is C13H16N4. The molecule has 0 amide bonds. The largest absolute Gasteiger partial charge is 0.382 e. The molecule has 2 aromatic heterocycles. The van der Waals surface area contributed by atoms with Crippen molar-refractivity contribution in [3.63, 3.8) is 0 Å². The van der Waals surface area contributed by atoms with Crippen molar-refractivity contribution in [2.45, 2.75) is 31.6 Å². The van der Waals surface area contributed by atoms with Gasteiger partial charge in [-0.05, 0) is 31.4 Å². The number of anilines is 1. The van der Waals surface area contributed by atoms with Gasteiger partial charge in [0.1, 0.15) is 5.82 Å². The van der Waals surface area contributed by atoms with Crippen molar-refractivity contribution < 1.29 is 0 Å². The van der Waals surface area contributed by atoms with Crippen LogP contribution in [0.5, 0.6) is 0 Å². The second kappa shape index (κ2) is 3.58. The molecule has 1 saturated carbocycles. The lowest BCUT2D eigenvalue weighted by atomic mass is 9.63. The van der Waals surface area contributed by atoms with Crippen LogP contribution in [0.4, 0.5) is 5.82 Å². The van der Waals surface area contributed by atoms with Gasteiger partial charge in [-0.15, -0.1) is 0 Å². The quantitative estimate of drug-likeness (QED) is 0.827. The molecule has 0 aromatic carbocycles. The molecular weight excluding hydrogens is 212 g/mol. The topological polar surface area (TPSA) is 67.6 Å². The van der Waals surface area contributed by atoms with E-state index in [0.717, 1.165) is 24.2 Å². The van der Waals surface area contributed by atoms with E-state index in [0.29, 0.717) is 5.82 Å². The SMILES string of the molecule is Cc1cccnc1C1(c2cc(N)n[nH]2)CCC1. The number of nitrogens with one attached hydrogen (secondary N) is 1. The standard InChI is InChI=1S/C13H16N4/c1-9-4-2-7-15-12(9)13(5-3-6-13)10-8-11(14)17-16-10/h2,4,7-8H,3,5-6H2,1H3,(H3,14,16,17). The van der Waals surface area contributed by atoms with Gasteiger partial charge in [-0.2, -0.15) is 5.10 Å². The summed E-state index contributed by atoms with van der Waals surface area (Å²) in [6.45, 7) is 2.11. The zero-order chi connectivity index (χ0) is 11.9. The van der Waals surface area contributed by atoms with Crippen LogP contribution in [-0.2, 0) is 5.41 Å². The summed E-state index contributed by atoms with van der Waals surface area (Å²) in [5.74, 6) is 0.555. The number of nitrogens with zero attached hydrogens (tertiary/aromatic N) is 2. The highest BCUT2D eigenvalue weighted by atomic mass is 15.2. The average molecular weight is 228 g/mol. The number of hydrogen-bond acceptors (Lipinski definition) is 3. The molecule has 0 unspecified atom stereocenters. The van der Waals surface area contributed by atoms with E-state index in [1.54, 1.807) is 0 Å². The van der Waals surface area contributed by atoms with Crippen LogP contribution < -0.4 is 5.73 Å². The third kappa shape index (κ3) is 1.44. The van der Waals surface area contributed by atoms with E-state index in [4.69, 9.17) is 5.73 Å². The first-order chi connectivity index (χ1) is 8.22. The fourth-order valence-electron chi connectivity index (χ4n) is 2.73. The number of nitrogens with two attached hydrogens (primary N) is 1. The molecule has 17 heavy (non-hydrogen) atoms. The molecule has 0 aliphatic heterocycles. The minimum atomic E-state index is 0.00988. The predicted molar refractivity (Wildman–Crippen MR) is 66.6 cm³/mol. The fourth-order valence-corrected chi connectivity index (χ4v) is 2.73. The number of hydrogen-bond donors (Lipinski definition) is 2. The van der Waals surface area contributed by atoms with Crippen molar-refractivity contribution in [1.82, 2.24) is 15.2 Å². The van der Waals surface area contributed by atoms with E-state index < -0.39 is 0 Å². The molecule has 1 fully saturated rings. The Hall–Kier alpha value is -1.84. The van der Waals surface area contributed by atoms with E-state index in [9.17, 15) is 0 Å². The smallest absolute Gasteiger partial charge is 0.145 e. The molecule has 0 radical (unpaired) electrons. The Bertz CT molecular complexity index is 540. The number of nitrogen functional groups attached to an aromatic ring is 1. The molecule has 4 nitrogen and oxygen atoms in total. The Kier molecular flexibility index (Phi) is 2.18. The molecule has 0 atom stereocenters. The van der Waals surface area contributed by atoms with E-state index >= 15 is 0 Å². The number of pyridine rings is 1. The van der Waals surface area contributed by atoms with Crippen molar-refractivity contribution in [3.05, 3.63) is 41.3 Å². The molecule has 1 aliphatic rings. The summed E-state index contributed by atoms with van der Waals surface area (Å²) in [5.41, 5.74) is 9.22. The molecule has 2 heterocycles. The number of aromatic amines is 1. The maximum atomic E-state index is 5.71. The number of aromatic nitrogens is 3. The minimum Gasteiger partial charge on any atom is -0.382 e. The Morgan fingerprint density at radius 2 is 2.24 bits per heavy atom. The first kappa shape index (κ1) is 10.3. The van der Waals surface area contributed by atoms with Crippen LogP contribution in [-0.4, -0.2) is 15.2 Å². The van der Waals surface area contributed by atoms with Gasteiger partial charge in [0.25, 0.3) is 0 Å². The van der Waals surface area contributed by atoms with Gasteiger partial charge in [0, 0.05) is 18.0 Å². The van der Waals surface area contributed by atoms with Crippen LogP contribution >= 0.6 is 0 Å².